The van der Waals surface area contributed by atoms with Crippen molar-refractivity contribution >= 4 is 81.0 Å². The molecule has 0 atom stereocenters. The molecule has 2 aliphatic heterocycles. The summed E-state index contributed by atoms with van der Waals surface area (Å²) in [7, 11) is 0. The molecule has 0 saturated carbocycles. The number of hydrogen-bond donors (Lipinski definition) is 0. The van der Waals surface area contributed by atoms with Gasteiger partial charge in [0.05, 0.1) is 0 Å². The van der Waals surface area contributed by atoms with Crippen LogP contribution in [0.25, 0.3) is 94.2 Å². The molecule has 12 rings (SSSR count). The SMILES string of the molecule is c1ccc(-c2nc3ccccc3n2-c2c3cccc(-c4ccc[c]5c4-c4cccc[c]4[GeH2]5)c3cc3c(-c4ccc[c]5c4-c4cccc[c]4[GeH2]5)cccc23)cc1. The molecule has 1 aromatic heterocycles. The fourth-order valence-electron chi connectivity index (χ4n) is 9.71. The molecular weight excluding hydrogens is 786 g/mol. The number of para-hydroxylation sites is 2. The molecule has 0 bridgehead atoms. The van der Waals surface area contributed by atoms with Crippen LogP contribution in [-0.4, -0.2) is 40.4 Å². The van der Waals surface area contributed by atoms with Gasteiger partial charge in [-0.25, -0.2) is 0 Å². The number of fused-ring (bicyclic) bond motifs is 9. The third-order valence-electron chi connectivity index (χ3n) is 12.0. The Morgan fingerprint density at radius 1 is 0.364 bits per heavy atom. The van der Waals surface area contributed by atoms with Gasteiger partial charge >= 0.3 is 328 Å². The van der Waals surface area contributed by atoms with Crippen LogP contribution in [0, 0.1) is 0 Å². The zero-order valence-corrected chi connectivity index (χ0v) is 36.1. The van der Waals surface area contributed by atoms with Crippen LogP contribution in [0.15, 0.2) is 182 Å². The molecule has 256 valence electrons. The molecule has 0 unspecified atom stereocenters. The van der Waals surface area contributed by atoms with E-state index in [1.165, 1.54) is 71.7 Å². The molecule has 0 saturated heterocycles. The second kappa shape index (κ2) is 12.3. The van der Waals surface area contributed by atoms with Gasteiger partial charge in [0.2, 0.25) is 0 Å². The average molecular weight is 820 g/mol. The number of nitrogens with zero attached hydrogens (tertiary/aromatic N) is 2. The van der Waals surface area contributed by atoms with Gasteiger partial charge in [0.15, 0.2) is 0 Å². The Morgan fingerprint density at radius 2 is 0.836 bits per heavy atom. The van der Waals surface area contributed by atoms with Crippen LogP contribution >= 0.6 is 0 Å². The molecule has 9 aromatic carbocycles. The van der Waals surface area contributed by atoms with E-state index in [2.05, 4.69) is 187 Å². The Labute approximate surface area is 332 Å². The van der Waals surface area contributed by atoms with E-state index in [0.29, 0.717) is 0 Å². The fourth-order valence-corrected chi connectivity index (χ4v) is 17.9. The zero-order valence-electron chi connectivity index (χ0n) is 30.1. The summed E-state index contributed by atoms with van der Waals surface area (Å²) in [5.41, 5.74) is 15.4. The number of rotatable bonds is 4. The Bertz CT molecular complexity index is 3060. The van der Waals surface area contributed by atoms with Crippen molar-refractivity contribution in [1.82, 2.24) is 9.55 Å². The topological polar surface area (TPSA) is 17.8 Å². The van der Waals surface area contributed by atoms with Gasteiger partial charge in [-0.05, 0) is 0 Å². The fraction of sp³-hybridized carbons (Fsp3) is 0. The van der Waals surface area contributed by atoms with E-state index in [-0.39, 0.29) is 0 Å². The summed E-state index contributed by atoms with van der Waals surface area (Å²) in [6.45, 7) is 0. The number of benzene rings is 9. The van der Waals surface area contributed by atoms with Crippen molar-refractivity contribution in [2.45, 2.75) is 0 Å². The standard InChI is InChI=1S/C51H34Ge2N2/c1-2-14-31(15-3-1)51-54-46-28-8-9-29-47(46)55(51)50-36-22-10-18-32(34-20-12-26-44-48(34)38-16-4-6-24-42(38)52-44)40(36)30-41-33(19-11-23-37(41)50)35-21-13-27-45-49(35)39-17-5-7-25-43(39)53-45/h1-30H,52-53H2. The van der Waals surface area contributed by atoms with E-state index in [1.54, 1.807) is 17.6 Å². The van der Waals surface area contributed by atoms with Crippen LogP contribution in [-0.2, 0) is 0 Å². The van der Waals surface area contributed by atoms with E-state index in [4.69, 9.17) is 4.98 Å². The monoisotopic (exact) mass is 822 g/mol. The Morgan fingerprint density at radius 3 is 1.45 bits per heavy atom. The van der Waals surface area contributed by atoms with E-state index >= 15 is 0 Å². The van der Waals surface area contributed by atoms with Crippen LogP contribution in [0.5, 0.6) is 0 Å². The van der Waals surface area contributed by atoms with Gasteiger partial charge in [-0.15, -0.1) is 0 Å². The van der Waals surface area contributed by atoms with Gasteiger partial charge in [0.1, 0.15) is 0 Å². The summed E-state index contributed by atoms with van der Waals surface area (Å²) in [4.78, 5) is 5.35. The minimum absolute atomic E-state index is 0.955. The van der Waals surface area contributed by atoms with Crippen molar-refractivity contribution < 1.29 is 0 Å². The number of aromatic nitrogens is 2. The van der Waals surface area contributed by atoms with Crippen LogP contribution in [0.2, 0.25) is 0 Å². The number of imidazole rings is 1. The number of hydrogen-bond acceptors (Lipinski definition) is 1. The summed E-state index contributed by atoms with van der Waals surface area (Å²) >= 11 is -2.16. The third-order valence-corrected chi connectivity index (χ3v) is 20.3. The van der Waals surface area contributed by atoms with Gasteiger partial charge in [0.25, 0.3) is 0 Å². The van der Waals surface area contributed by atoms with Crippen molar-refractivity contribution in [2.24, 2.45) is 0 Å². The van der Waals surface area contributed by atoms with Gasteiger partial charge in [-0.2, -0.15) is 0 Å². The molecular formula is C51H34Ge2N2. The molecule has 55 heavy (non-hydrogen) atoms. The van der Waals surface area contributed by atoms with Crippen molar-refractivity contribution in [2.75, 3.05) is 0 Å². The molecule has 0 spiro atoms. The van der Waals surface area contributed by atoms with Gasteiger partial charge in [0, 0.05) is 0 Å². The van der Waals surface area contributed by atoms with Gasteiger partial charge in [-0.1, -0.05) is 6.07 Å². The quantitative estimate of drug-likeness (QED) is 0.129. The van der Waals surface area contributed by atoms with Crippen LogP contribution < -0.4 is 17.6 Å². The predicted molar refractivity (Wildman–Crippen MR) is 239 cm³/mol. The van der Waals surface area contributed by atoms with Crippen molar-refractivity contribution in [3.63, 3.8) is 0 Å². The molecule has 2 nitrogen and oxygen atoms in total. The van der Waals surface area contributed by atoms with Crippen LogP contribution in [0.3, 0.4) is 0 Å². The van der Waals surface area contributed by atoms with Crippen molar-refractivity contribution in [3.05, 3.63) is 182 Å². The third kappa shape index (κ3) is 4.71. The van der Waals surface area contributed by atoms with E-state index in [9.17, 15) is 0 Å². The van der Waals surface area contributed by atoms with Gasteiger partial charge in [-0.3, -0.25) is 0 Å². The summed E-state index contributed by atoms with van der Waals surface area (Å²) < 4.78 is 8.79. The molecule has 0 radical (unpaired) electrons. The second-order valence-electron chi connectivity index (χ2n) is 15.0. The normalized spacial score (nSPS) is 13.5. The first kappa shape index (κ1) is 31.4. The van der Waals surface area contributed by atoms with Gasteiger partial charge < -0.3 is 0 Å². The van der Waals surface area contributed by atoms with Crippen molar-refractivity contribution in [1.29, 1.82) is 0 Å². The predicted octanol–water partition coefficient (Wildman–Crippen LogP) is 8.53. The molecule has 4 heteroatoms. The zero-order chi connectivity index (χ0) is 36.0. The Hall–Kier alpha value is -5.94. The molecule has 2 aliphatic rings. The van der Waals surface area contributed by atoms with E-state index in [0.717, 1.165) is 22.4 Å². The maximum atomic E-state index is 5.35. The Kier molecular flexibility index (Phi) is 7.02. The summed E-state index contributed by atoms with van der Waals surface area (Å²) in [5, 5.41) is 4.99. The second-order valence-corrected chi connectivity index (χ2v) is 22.9. The molecule has 0 amide bonds. The first-order valence-electron chi connectivity index (χ1n) is 19.2. The van der Waals surface area contributed by atoms with Crippen molar-refractivity contribution in [3.8, 4) is 61.6 Å². The molecule has 0 aliphatic carbocycles. The molecule has 0 fully saturated rings. The minimum atomic E-state index is -1.08. The maximum absolute atomic E-state index is 5.35. The van der Waals surface area contributed by atoms with Crippen LogP contribution in [0.4, 0.5) is 0 Å². The van der Waals surface area contributed by atoms with E-state index < -0.39 is 30.9 Å². The summed E-state index contributed by atoms with van der Waals surface area (Å²) in [6.07, 6.45) is 0. The molecule has 3 heterocycles. The molecule has 0 N–H and O–H groups in total. The molecule has 10 aromatic rings. The summed E-state index contributed by atoms with van der Waals surface area (Å²) in [5.74, 6) is 0.955. The van der Waals surface area contributed by atoms with E-state index in [1.807, 2.05) is 0 Å². The summed E-state index contributed by atoms with van der Waals surface area (Å²) in [6, 6.07) is 68.2. The average Bonchev–Trinajstić information content (AvgIpc) is 3.94. The first-order valence-corrected chi connectivity index (χ1v) is 25.2. The van der Waals surface area contributed by atoms with Crippen LogP contribution in [0.1, 0.15) is 0 Å². The first-order chi connectivity index (χ1) is 27.3. The Balaban J connectivity index is 1.24.